The molecule has 0 radical (unpaired) electrons. The van der Waals surface area contributed by atoms with Crippen molar-refractivity contribution in [3.8, 4) is 28.3 Å². The summed E-state index contributed by atoms with van der Waals surface area (Å²) < 4.78 is 76.6. The van der Waals surface area contributed by atoms with E-state index in [2.05, 4.69) is 47.6 Å². The average molecular weight is 569 g/mol. The summed E-state index contributed by atoms with van der Waals surface area (Å²) in [6.45, 7) is 6.40. The topological polar surface area (TPSA) is 109 Å². The molecule has 7 nitrogen and oxygen atoms in total. The van der Waals surface area contributed by atoms with Gasteiger partial charge in [-0.15, -0.1) is 0 Å². The van der Waals surface area contributed by atoms with E-state index in [1.165, 1.54) is 11.6 Å². The summed E-state index contributed by atoms with van der Waals surface area (Å²) in [5, 5.41) is 0.0669. The first-order valence-electron chi connectivity index (χ1n) is 12.1. The summed E-state index contributed by atoms with van der Waals surface area (Å²) in [5.74, 6) is -2.86. The van der Waals surface area contributed by atoms with Crippen LogP contribution in [-0.2, 0) is 20.3 Å². The molecule has 0 aliphatic heterocycles. The molecule has 4 aromatic carbocycles. The third-order valence-electron chi connectivity index (χ3n) is 6.46. The zero-order valence-corrected chi connectivity index (χ0v) is 22.3. The standard InChI is InChI=1S/C29H23F3N2O5S/c1-28(2,3)20-10-7-16(8-11-20)17-5-4-6-19(13-17)26-33-22-12-9-18-14-21(40(36,37)38)15-23(24(18)25(22)34-26)39-27(35)29(30,31)32/h4-15H,1-3H3,(H,33,34)(H,36,37,38). The maximum Gasteiger partial charge on any atom is 0.491 e. The number of aromatic amines is 1. The van der Waals surface area contributed by atoms with Gasteiger partial charge >= 0.3 is 12.1 Å². The molecule has 0 atom stereocenters. The SMILES string of the molecule is CC(C)(C)c1ccc(-c2cccc(-c3nc4c(ccc5cc(S(=O)(=O)O)cc(OC(=O)C(F)(F)F)c54)[nH]3)c2)cc1. The van der Waals surface area contributed by atoms with Crippen LogP contribution in [0.5, 0.6) is 5.75 Å². The van der Waals surface area contributed by atoms with Gasteiger partial charge in [-0.25, -0.2) is 9.78 Å². The number of nitrogens with zero attached hydrogens (tertiary/aromatic N) is 1. The highest BCUT2D eigenvalue weighted by Crippen LogP contribution is 2.37. The third-order valence-corrected chi connectivity index (χ3v) is 7.29. The number of carbonyl (C=O) groups is 1. The van der Waals surface area contributed by atoms with Crippen LogP contribution in [0, 0.1) is 0 Å². The van der Waals surface area contributed by atoms with Gasteiger partial charge in [-0.2, -0.15) is 21.6 Å². The van der Waals surface area contributed by atoms with Crippen molar-refractivity contribution in [2.75, 3.05) is 0 Å². The molecule has 0 fully saturated rings. The molecular weight excluding hydrogens is 545 g/mol. The van der Waals surface area contributed by atoms with E-state index in [0.29, 0.717) is 23.0 Å². The lowest BCUT2D eigenvalue weighted by atomic mass is 9.86. The second-order valence-electron chi connectivity index (χ2n) is 10.3. The van der Waals surface area contributed by atoms with Crippen LogP contribution < -0.4 is 4.74 Å². The Kier molecular flexibility index (Phi) is 6.47. The number of hydrogen-bond donors (Lipinski definition) is 2. The average Bonchev–Trinajstić information content (AvgIpc) is 3.32. The van der Waals surface area contributed by atoms with Gasteiger partial charge < -0.3 is 9.72 Å². The number of alkyl halides is 3. The molecule has 0 amide bonds. The largest absolute Gasteiger partial charge is 0.491 e. The molecule has 2 N–H and O–H groups in total. The zero-order valence-electron chi connectivity index (χ0n) is 21.5. The quantitative estimate of drug-likeness (QED) is 0.136. The van der Waals surface area contributed by atoms with E-state index in [0.717, 1.165) is 17.2 Å². The van der Waals surface area contributed by atoms with Crippen LogP contribution in [0.1, 0.15) is 26.3 Å². The van der Waals surface area contributed by atoms with Crippen molar-refractivity contribution < 1.29 is 35.7 Å². The van der Waals surface area contributed by atoms with Crippen molar-refractivity contribution in [2.24, 2.45) is 0 Å². The lowest BCUT2D eigenvalue weighted by Crippen LogP contribution is -2.28. The first-order chi connectivity index (χ1) is 18.6. The molecule has 0 aliphatic carbocycles. The maximum absolute atomic E-state index is 13.0. The second kappa shape index (κ2) is 9.46. The van der Waals surface area contributed by atoms with Crippen LogP contribution >= 0.6 is 0 Å². The van der Waals surface area contributed by atoms with Crippen molar-refractivity contribution >= 4 is 37.9 Å². The number of esters is 1. The fourth-order valence-electron chi connectivity index (χ4n) is 4.40. The van der Waals surface area contributed by atoms with Gasteiger partial charge in [-0.1, -0.05) is 69.3 Å². The summed E-state index contributed by atoms with van der Waals surface area (Å²) in [4.78, 5) is 18.6. The molecule has 0 saturated carbocycles. The maximum atomic E-state index is 13.0. The van der Waals surface area contributed by atoms with E-state index in [4.69, 9.17) is 0 Å². The number of nitrogens with one attached hydrogen (secondary N) is 1. The van der Waals surface area contributed by atoms with Gasteiger partial charge in [0.25, 0.3) is 10.1 Å². The first-order valence-corrected chi connectivity index (χ1v) is 13.5. The highest BCUT2D eigenvalue weighted by atomic mass is 32.2. The van der Waals surface area contributed by atoms with Gasteiger partial charge in [0.05, 0.1) is 15.8 Å². The van der Waals surface area contributed by atoms with E-state index in [-0.39, 0.29) is 21.7 Å². The van der Waals surface area contributed by atoms with Crippen molar-refractivity contribution in [3.63, 3.8) is 0 Å². The number of rotatable bonds is 4. The van der Waals surface area contributed by atoms with E-state index >= 15 is 0 Å². The normalized spacial score (nSPS) is 12.7. The van der Waals surface area contributed by atoms with Crippen molar-refractivity contribution in [3.05, 3.63) is 78.4 Å². The molecule has 0 spiro atoms. The minimum absolute atomic E-state index is 0.00678. The number of ether oxygens (including phenoxy) is 1. The molecule has 5 rings (SSSR count). The molecule has 206 valence electrons. The number of aromatic nitrogens is 2. The van der Waals surface area contributed by atoms with Crippen LogP contribution in [0.2, 0.25) is 0 Å². The second-order valence-corrected chi connectivity index (χ2v) is 11.8. The Morgan fingerprint density at radius 1 is 0.900 bits per heavy atom. The summed E-state index contributed by atoms with van der Waals surface area (Å²) in [6.07, 6.45) is -5.34. The number of H-pyrrole nitrogens is 1. The highest BCUT2D eigenvalue weighted by molar-refractivity contribution is 7.85. The minimum atomic E-state index is -5.34. The highest BCUT2D eigenvalue weighted by Gasteiger charge is 2.42. The van der Waals surface area contributed by atoms with Crippen molar-refractivity contribution in [1.29, 1.82) is 0 Å². The van der Waals surface area contributed by atoms with E-state index in [9.17, 15) is 30.9 Å². The Hall–Kier alpha value is -4.22. The number of benzene rings is 4. The molecule has 1 aromatic heterocycles. The van der Waals surface area contributed by atoms with E-state index in [1.807, 2.05) is 36.4 Å². The number of halogens is 3. The monoisotopic (exact) mass is 568 g/mol. The smallest absolute Gasteiger partial charge is 0.419 e. The summed E-state index contributed by atoms with van der Waals surface area (Å²) in [5.41, 5.74) is 4.34. The minimum Gasteiger partial charge on any atom is -0.419 e. The molecule has 0 bridgehead atoms. The summed E-state index contributed by atoms with van der Waals surface area (Å²) in [6, 6.07) is 20.4. The number of hydrogen-bond acceptors (Lipinski definition) is 5. The van der Waals surface area contributed by atoms with Gasteiger partial charge in [-0.3, -0.25) is 4.55 Å². The molecule has 0 unspecified atom stereocenters. The fourth-order valence-corrected chi connectivity index (χ4v) is 4.93. The van der Waals surface area contributed by atoms with Crippen molar-refractivity contribution in [1.82, 2.24) is 9.97 Å². The van der Waals surface area contributed by atoms with Crippen LogP contribution in [0.15, 0.2) is 77.7 Å². The number of imidazole rings is 1. The van der Waals surface area contributed by atoms with Crippen LogP contribution in [0.4, 0.5) is 13.2 Å². The first kappa shape index (κ1) is 27.4. The van der Waals surface area contributed by atoms with Gasteiger partial charge in [0.2, 0.25) is 0 Å². The molecule has 0 aliphatic rings. The molecule has 1 heterocycles. The zero-order chi connectivity index (χ0) is 29.0. The van der Waals surface area contributed by atoms with Gasteiger partial charge in [0.15, 0.2) is 0 Å². The van der Waals surface area contributed by atoms with Crippen LogP contribution in [-0.4, -0.2) is 35.1 Å². The van der Waals surface area contributed by atoms with Gasteiger partial charge in [0, 0.05) is 11.6 Å². The number of carbonyl (C=O) groups excluding carboxylic acids is 1. The third kappa shape index (κ3) is 5.30. The Labute approximate surface area is 227 Å². The predicted molar refractivity (Wildman–Crippen MR) is 145 cm³/mol. The predicted octanol–water partition coefficient (Wildman–Crippen LogP) is 7.06. The van der Waals surface area contributed by atoms with E-state index in [1.54, 1.807) is 6.07 Å². The summed E-state index contributed by atoms with van der Waals surface area (Å²) in [7, 11) is -4.82. The Balaban J connectivity index is 1.64. The lowest BCUT2D eigenvalue weighted by Gasteiger charge is -2.19. The Morgan fingerprint density at radius 3 is 2.20 bits per heavy atom. The molecule has 5 aromatic rings. The lowest BCUT2D eigenvalue weighted by molar-refractivity contribution is -0.189. The molecule has 11 heteroatoms. The van der Waals surface area contributed by atoms with Crippen LogP contribution in [0.3, 0.4) is 0 Å². The van der Waals surface area contributed by atoms with E-state index < -0.39 is 32.9 Å². The van der Waals surface area contributed by atoms with Crippen LogP contribution in [0.25, 0.3) is 44.3 Å². The Morgan fingerprint density at radius 2 is 1.57 bits per heavy atom. The number of fused-ring (bicyclic) bond motifs is 3. The molecule has 0 saturated heterocycles. The fraction of sp³-hybridized carbons (Fsp3) is 0.172. The Bertz CT molecular complexity index is 1890. The summed E-state index contributed by atoms with van der Waals surface area (Å²) >= 11 is 0. The van der Waals surface area contributed by atoms with Gasteiger partial charge in [0.1, 0.15) is 17.1 Å². The molecular formula is C29H23F3N2O5S. The van der Waals surface area contributed by atoms with Crippen molar-refractivity contribution in [2.45, 2.75) is 37.3 Å². The van der Waals surface area contributed by atoms with Gasteiger partial charge in [-0.05, 0) is 45.7 Å². The molecule has 40 heavy (non-hydrogen) atoms.